The molecule has 0 aliphatic heterocycles. The molecule has 1 heterocycles. The molecule has 0 radical (unpaired) electrons. The van der Waals surface area contributed by atoms with E-state index >= 15 is 0 Å². The molecule has 25 heavy (non-hydrogen) atoms. The Labute approximate surface area is 147 Å². The van der Waals surface area contributed by atoms with Gasteiger partial charge in [0.15, 0.2) is 5.76 Å². The number of rotatable bonds is 9. The van der Waals surface area contributed by atoms with Gasteiger partial charge in [0.25, 0.3) is 5.91 Å². The van der Waals surface area contributed by atoms with Crippen molar-refractivity contribution in [1.29, 1.82) is 0 Å². The fourth-order valence-electron chi connectivity index (χ4n) is 2.26. The zero-order chi connectivity index (χ0) is 18.1. The van der Waals surface area contributed by atoms with E-state index in [-0.39, 0.29) is 17.6 Å². The van der Waals surface area contributed by atoms with Crippen LogP contribution >= 0.6 is 0 Å². The van der Waals surface area contributed by atoms with Crippen LogP contribution in [-0.4, -0.2) is 43.5 Å². The number of furan rings is 1. The quantitative estimate of drug-likeness (QED) is 0.710. The third kappa shape index (κ3) is 6.33. The number of ether oxygens (including phenoxy) is 1. The van der Waals surface area contributed by atoms with Crippen LogP contribution in [-0.2, 0) is 4.79 Å². The Morgan fingerprint density at radius 3 is 2.80 bits per heavy atom. The highest BCUT2D eigenvalue weighted by atomic mass is 16.5. The number of benzene rings is 1. The Balaban J connectivity index is 1.59. The summed E-state index contributed by atoms with van der Waals surface area (Å²) < 4.78 is 10.6. The average molecular weight is 344 g/mol. The lowest BCUT2D eigenvalue weighted by atomic mass is 10.2. The summed E-state index contributed by atoms with van der Waals surface area (Å²) in [5.41, 5.74) is 1.14. The van der Waals surface area contributed by atoms with Gasteiger partial charge in [-0.15, -0.1) is 0 Å². The van der Waals surface area contributed by atoms with Crippen molar-refractivity contribution >= 4 is 11.8 Å². The van der Waals surface area contributed by atoms with Crippen LogP contribution in [0.15, 0.2) is 47.1 Å². The van der Waals surface area contributed by atoms with Crippen molar-refractivity contribution in [3.8, 4) is 5.75 Å². The number of carbonyl (C=O) groups is 2. The van der Waals surface area contributed by atoms with Crippen molar-refractivity contribution in [2.75, 3.05) is 26.7 Å². The Morgan fingerprint density at radius 2 is 2.08 bits per heavy atom. The first-order chi connectivity index (χ1) is 12.1. The van der Waals surface area contributed by atoms with E-state index in [0.717, 1.165) is 11.3 Å². The topological polar surface area (TPSA) is 71.8 Å². The largest absolute Gasteiger partial charge is 0.492 e. The summed E-state index contributed by atoms with van der Waals surface area (Å²) in [7, 11) is 1.75. The van der Waals surface area contributed by atoms with Gasteiger partial charge in [-0.3, -0.25) is 9.59 Å². The van der Waals surface area contributed by atoms with Crippen LogP contribution in [0.5, 0.6) is 5.75 Å². The van der Waals surface area contributed by atoms with Gasteiger partial charge in [-0.25, -0.2) is 0 Å². The molecule has 0 spiro atoms. The SMILES string of the molecule is Cc1cccc(OCCN(C)C(=O)CCCNC(=O)c2ccco2)c1. The highest BCUT2D eigenvalue weighted by Gasteiger charge is 2.10. The van der Waals surface area contributed by atoms with Crippen LogP contribution in [0.25, 0.3) is 0 Å². The van der Waals surface area contributed by atoms with Crippen LogP contribution in [0.2, 0.25) is 0 Å². The molecule has 1 N–H and O–H groups in total. The predicted molar refractivity (Wildman–Crippen MR) is 94.6 cm³/mol. The molecule has 0 fully saturated rings. The fourth-order valence-corrected chi connectivity index (χ4v) is 2.26. The minimum Gasteiger partial charge on any atom is -0.492 e. The van der Waals surface area contributed by atoms with Gasteiger partial charge in [-0.1, -0.05) is 12.1 Å². The number of hydrogen-bond acceptors (Lipinski definition) is 4. The highest BCUT2D eigenvalue weighted by molar-refractivity contribution is 5.91. The number of carbonyl (C=O) groups excluding carboxylic acids is 2. The Morgan fingerprint density at radius 1 is 1.24 bits per heavy atom. The number of hydrogen-bond donors (Lipinski definition) is 1. The van der Waals surface area contributed by atoms with E-state index in [1.54, 1.807) is 24.1 Å². The first-order valence-electron chi connectivity index (χ1n) is 8.31. The summed E-state index contributed by atoms with van der Waals surface area (Å²) in [6.45, 7) is 3.40. The maximum absolute atomic E-state index is 12.1. The molecular weight excluding hydrogens is 320 g/mol. The maximum atomic E-state index is 12.1. The Hall–Kier alpha value is -2.76. The smallest absolute Gasteiger partial charge is 0.286 e. The van der Waals surface area contributed by atoms with Crippen LogP contribution in [0.3, 0.4) is 0 Å². The minimum atomic E-state index is -0.266. The van der Waals surface area contributed by atoms with Crippen LogP contribution < -0.4 is 10.1 Å². The molecule has 2 aromatic rings. The standard InChI is InChI=1S/C19H24N2O4/c1-15-6-3-7-16(14-15)24-13-11-21(2)18(22)9-4-10-20-19(23)17-8-5-12-25-17/h3,5-8,12,14H,4,9-11,13H2,1-2H3,(H,20,23). The van der Waals surface area contributed by atoms with Crippen molar-refractivity contribution in [2.45, 2.75) is 19.8 Å². The Kier molecular flexibility index (Phi) is 7.07. The number of nitrogens with one attached hydrogen (secondary N) is 1. The summed E-state index contributed by atoms with van der Waals surface area (Å²) in [6.07, 6.45) is 2.40. The van der Waals surface area contributed by atoms with Gasteiger partial charge >= 0.3 is 0 Å². The molecule has 2 rings (SSSR count). The number of amides is 2. The van der Waals surface area contributed by atoms with E-state index in [2.05, 4.69) is 5.32 Å². The minimum absolute atomic E-state index is 0.0279. The average Bonchev–Trinajstić information content (AvgIpc) is 3.13. The van der Waals surface area contributed by atoms with Gasteiger partial charge in [-0.05, 0) is 43.2 Å². The summed E-state index contributed by atoms with van der Waals surface area (Å²) in [6, 6.07) is 11.1. The molecule has 0 saturated heterocycles. The van der Waals surface area contributed by atoms with E-state index in [0.29, 0.717) is 32.5 Å². The van der Waals surface area contributed by atoms with Gasteiger partial charge in [0.2, 0.25) is 5.91 Å². The fraction of sp³-hybridized carbons (Fsp3) is 0.368. The predicted octanol–water partition coefficient (Wildman–Crippen LogP) is 2.64. The van der Waals surface area contributed by atoms with Crippen LogP contribution in [0.4, 0.5) is 0 Å². The second kappa shape index (κ2) is 9.52. The molecule has 0 saturated carbocycles. The molecule has 0 atom stereocenters. The lowest BCUT2D eigenvalue weighted by molar-refractivity contribution is -0.130. The van der Waals surface area contributed by atoms with Crippen molar-refractivity contribution < 1.29 is 18.7 Å². The van der Waals surface area contributed by atoms with E-state index in [1.807, 2.05) is 31.2 Å². The summed E-state index contributed by atoms with van der Waals surface area (Å²) >= 11 is 0. The molecular formula is C19H24N2O4. The van der Waals surface area contributed by atoms with Crippen molar-refractivity contribution in [1.82, 2.24) is 10.2 Å². The normalized spacial score (nSPS) is 10.3. The van der Waals surface area contributed by atoms with E-state index in [9.17, 15) is 9.59 Å². The van der Waals surface area contributed by atoms with Crippen LogP contribution in [0, 0.1) is 6.92 Å². The third-order valence-electron chi connectivity index (χ3n) is 3.71. The summed E-state index contributed by atoms with van der Waals surface area (Å²) in [5.74, 6) is 0.843. The Bertz CT molecular complexity index is 682. The van der Waals surface area contributed by atoms with Gasteiger partial charge in [0, 0.05) is 20.0 Å². The van der Waals surface area contributed by atoms with E-state index < -0.39 is 0 Å². The molecule has 1 aromatic heterocycles. The van der Waals surface area contributed by atoms with Gasteiger partial charge in [0.1, 0.15) is 12.4 Å². The van der Waals surface area contributed by atoms with Gasteiger partial charge in [0.05, 0.1) is 12.8 Å². The van der Waals surface area contributed by atoms with Gasteiger partial charge in [-0.2, -0.15) is 0 Å². The molecule has 1 aromatic carbocycles. The maximum Gasteiger partial charge on any atom is 0.286 e. The second-order valence-electron chi connectivity index (χ2n) is 5.82. The number of nitrogens with zero attached hydrogens (tertiary/aromatic N) is 1. The monoisotopic (exact) mass is 344 g/mol. The third-order valence-corrected chi connectivity index (χ3v) is 3.71. The molecule has 6 nitrogen and oxygen atoms in total. The first-order valence-corrected chi connectivity index (χ1v) is 8.31. The molecule has 2 amide bonds. The van der Waals surface area contributed by atoms with Crippen molar-refractivity contribution in [3.05, 3.63) is 54.0 Å². The second-order valence-corrected chi connectivity index (χ2v) is 5.82. The van der Waals surface area contributed by atoms with E-state index in [1.165, 1.54) is 6.26 Å². The summed E-state index contributed by atoms with van der Waals surface area (Å²) in [4.78, 5) is 25.4. The zero-order valence-electron chi connectivity index (χ0n) is 14.7. The lowest BCUT2D eigenvalue weighted by Gasteiger charge is -2.17. The van der Waals surface area contributed by atoms with Gasteiger partial charge < -0.3 is 19.4 Å². The lowest BCUT2D eigenvalue weighted by Crippen LogP contribution is -2.31. The van der Waals surface area contributed by atoms with Crippen molar-refractivity contribution in [3.63, 3.8) is 0 Å². The van der Waals surface area contributed by atoms with Crippen molar-refractivity contribution in [2.24, 2.45) is 0 Å². The summed E-state index contributed by atoms with van der Waals surface area (Å²) in [5, 5.41) is 2.72. The molecule has 0 bridgehead atoms. The number of likely N-dealkylation sites (N-methyl/N-ethyl adjacent to an activating group) is 1. The molecule has 0 aliphatic rings. The van der Waals surface area contributed by atoms with E-state index in [4.69, 9.17) is 9.15 Å². The molecule has 0 aliphatic carbocycles. The molecule has 0 unspecified atom stereocenters. The van der Waals surface area contributed by atoms with Crippen LogP contribution in [0.1, 0.15) is 29.0 Å². The highest BCUT2D eigenvalue weighted by Crippen LogP contribution is 2.12. The molecule has 6 heteroatoms. The first kappa shape index (κ1) is 18.6. The number of aryl methyl sites for hydroxylation is 1. The molecule has 134 valence electrons. The zero-order valence-corrected chi connectivity index (χ0v) is 14.7.